The number of ether oxygens (including phenoxy) is 1. The summed E-state index contributed by atoms with van der Waals surface area (Å²) in [6.07, 6.45) is 2.11. The molecule has 0 aliphatic carbocycles. The zero-order valence-electron chi connectivity index (χ0n) is 10.7. The molecule has 3 heteroatoms. The maximum Gasteiger partial charge on any atom is 0.123 e. The Balaban J connectivity index is 3.02. The molecule has 1 rings (SSSR count). The van der Waals surface area contributed by atoms with Gasteiger partial charge in [-0.3, -0.25) is 0 Å². The van der Waals surface area contributed by atoms with Crippen molar-refractivity contribution in [2.45, 2.75) is 39.5 Å². The summed E-state index contributed by atoms with van der Waals surface area (Å²) in [7, 11) is 0. The Morgan fingerprint density at radius 3 is 2.71 bits per heavy atom. The van der Waals surface area contributed by atoms with Gasteiger partial charge in [-0.05, 0) is 48.9 Å². The third-order valence-electron chi connectivity index (χ3n) is 2.83. The highest BCUT2D eigenvalue weighted by molar-refractivity contribution is 9.09. The van der Waals surface area contributed by atoms with Crippen LogP contribution >= 0.6 is 27.5 Å². The third-order valence-corrected chi connectivity index (χ3v) is 3.69. The van der Waals surface area contributed by atoms with E-state index in [2.05, 4.69) is 41.9 Å². The van der Waals surface area contributed by atoms with Gasteiger partial charge in [-0.25, -0.2) is 0 Å². The molecule has 0 bridgehead atoms. The van der Waals surface area contributed by atoms with Gasteiger partial charge in [-0.1, -0.05) is 41.4 Å². The largest absolute Gasteiger partial charge is 0.493 e. The van der Waals surface area contributed by atoms with Crippen LogP contribution in [0.5, 0.6) is 5.75 Å². The molecule has 0 heterocycles. The zero-order chi connectivity index (χ0) is 12.8. The van der Waals surface area contributed by atoms with Crippen molar-refractivity contribution in [1.29, 1.82) is 0 Å². The first kappa shape index (κ1) is 14.8. The number of alkyl halides is 1. The summed E-state index contributed by atoms with van der Waals surface area (Å²) in [5.41, 5.74) is 2.29. The van der Waals surface area contributed by atoms with Crippen molar-refractivity contribution in [3.8, 4) is 5.75 Å². The molecule has 0 amide bonds. The van der Waals surface area contributed by atoms with Crippen LogP contribution in [-0.4, -0.2) is 11.9 Å². The van der Waals surface area contributed by atoms with Crippen LogP contribution in [0.4, 0.5) is 0 Å². The van der Waals surface area contributed by atoms with Crippen molar-refractivity contribution < 1.29 is 4.74 Å². The Morgan fingerprint density at radius 1 is 1.41 bits per heavy atom. The number of rotatable bonds is 6. The minimum absolute atomic E-state index is 0.458. The maximum absolute atomic E-state index is 6.20. The fourth-order valence-electron chi connectivity index (χ4n) is 1.71. The highest BCUT2D eigenvalue weighted by Crippen LogP contribution is 2.34. The Morgan fingerprint density at radius 2 is 2.12 bits per heavy atom. The molecular formula is C14H20BrClO. The fraction of sp³-hybridized carbons (Fsp3) is 0.571. The lowest BCUT2D eigenvalue weighted by molar-refractivity contribution is 0.312. The van der Waals surface area contributed by atoms with Crippen molar-refractivity contribution in [3.63, 3.8) is 0 Å². The summed E-state index contributed by atoms with van der Waals surface area (Å²) < 4.78 is 5.82. The molecule has 1 unspecified atom stereocenters. The molecule has 1 atom stereocenters. The average molecular weight is 320 g/mol. The van der Waals surface area contributed by atoms with E-state index in [1.54, 1.807) is 0 Å². The molecule has 0 aromatic heterocycles. The first-order chi connectivity index (χ1) is 8.10. The quantitative estimate of drug-likeness (QED) is 0.644. The Bertz CT molecular complexity index is 365. The Labute approximate surface area is 118 Å². The van der Waals surface area contributed by atoms with Crippen LogP contribution in [-0.2, 0) is 0 Å². The SMILES string of the molecule is CCCOc1cc(C)c(Cl)cc1C(C)CCBr. The van der Waals surface area contributed by atoms with E-state index in [0.717, 1.165) is 41.1 Å². The molecular weight excluding hydrogens is 300 g/mol. The van der Waals surface area contributed by atoms with Crippen molar-refractivity contribution >= 4 is 27.5 Å². The van der Waals surface area contributed by atoms with E-state index >= 15 is 0 Å². The van der Waals surface area contributed by atoms with E-state index < -0.39 is 0 Å². The van der Waals surface area contributed by atoms with Gasteiger partial charge in [0.15, 0.2) is 0 Å². The predicted molar refractivity (Wildman–Crippen MR) is 78.8 cm³/mol. The van der Waals surface area contributed by atoms with Gasteiger partial charge in [0, 0.05) is 10.4 Å². The number of benzene rings is 1. The highest BCUT2D eigenvalue weighted by atomic mass is 79.9. The van der Waals surface area contributed by atoms with Crippen molar-refractivity contribution in [2.75, 3.05) is 11.9 Å². The van der Waals surface area contributed by atoms with Crippen molar-refractivity contribution in [3.05, 3.63) is 28.3 Å². The molecule has 0 aliphatic rings. The summed E-state index contributed by atoms with van der Waals surface area (Å²) in [5.74, 6) is 1.45. The zero-order valence-corrected chi connectivity index (χ0v) is 13.1. The lowest BCUT2D eigenvalue weighted by atomic mass is 9.96. The van der Waals surface area contributed by atoms with Crippen LogP contribution in [0.25, 0.3) is 0 Å². The number of halogens is 2. The second kappa shape index (κ2) is 7.27. The monoisotopic (exact) mass is 318 g/mol. The molecule has 1 aromatic carbocycles. The van der Waals surface area contributed by atoms with Gasteiger partial charge in [0.05, 0.1) is 6.61 Å². The first-order valence-corrected chi connectivity index (χ1v) is 7.58. The number of aryl methyl sites for hydroxylation is 1. The van der Waals surface area contributed by atoms with E-state index in [4.69, 9.17) is 16.3 Å². The molecule has 1 aromatic rings. The van der Waals surface area contributed by atoms with E-state index in [0.29, 0.717) is 5.92 Å². The maximum atomic E-state index is 6.20. The molecule has 0 aliphatic heterocycles. The summed E-state index contributed by atoms with van der Waals surface area (Å²) >= 11 is 9.68. The molecule has 0 N–H and O–H groups in total. The van der Waals surface area contributed by atoms with Gasteiger partial charge in [0.1, 0.15) is 5.75 Å². The van der Waals surface area contributed by atoms with E-state index in [-0.39, 0.29) is 0 Å². The van der Waals surface area contributed by atoms with Gasteiger partial charge in [-0.15, -0.1) is 0 Å². The third kappa shape index (κ3) is 4.18. The van der Waals surface area contributed by atoms with Gasteiger partial charge in [0.25, 0.3) is 0 Å². The molecule has 0 spiro atoms. The van der Waals surface area contributed by atoms with Crippen LogP contribution in [0.3, 0.4) is 0 Å². The number of hydrogen-bond donors (Lipinski definition) is 0. The van der Waals surface area contributed by atoms with Crippen molar-refractivity contribution in [1.82, 2.24) is 0 Å². The summed E-state index contributed by atoms with van der Waals surface area (Å²) in [6.45, 7) is 7.10. The molecule has 1 nitrogen and oxygen atoms in total. The molecule has 17 heavy (non-hydrogen) atoms. The Kier molecular flexibility index (Phi) is 6.35. The normalized spacial score (nSPS) is 12.5. The van der Waals surface area contributed by atoms with E-state index in [1.807, 2.05) is 6.92 Å². The molecule has 0 saturated heterocycles. The first-order valence-electron chi connectivity index (χ1n) is 6.09. The molecule has 0 radical (unpaired) electrons. The van der Waals surface area contributed by atoms with Gasteiger partial charge < -0.3 is 4.74 Å². The lowest BCUT2D eigenvalue weighted by Gasteiger charge is -2.17. The molecule has 96 valence electrons. The number of hydrogen-bond acceptors (Lipinski definition) is 1. The predicted octanol–water partition coefficient (Wildman–Crippen LogP) is 5.33. The van der Waals surface area contributed by atoms with Crippen LogP contribution in [0, 0.1) is 6.92 Å². The molecule has 0 fully saturated rings. The fourth-order valence-corrected chi connectivity index (χ4v) is 2.57. The standard InChI is InChI=1S/C14H20BrClO/c1-4-7-17-14-8-11(3)13(16)9-12(14)10(2)5-6-15/h8-10H,4-7H2,1-3H3. The topological polar surface area (TPSA) is 9.23 Å². The van der Waals surface area contributed by atoms with E-state index in [9.17, 15) is 0 Å². The van der Waals surface area contributed by atoms with Gasteiger partial charge in [-0.2, -0.15) is 0 Å². The van der Waals surface area contributed by atoms with Gasteiger partial charge >= 0.3 is 0 Å². The van der Waals surface area contributed by atoms with Crippen LogP contribution in [0.1, 0.15) is 43.7 Å². The lowest BCUT2D eigenvalue weighted by Crippen LogP contribution is -2.03. The van der Waals surface area contributed by atoms with Crippen LogP contribution in [0.2, 0.25) is 5.02 Å². The Hall–Kier alpha value is -0.210. The average Bonchev–Trinajstić information content (AvgIpc) is 2.30. The second-order valence-electron chi connectivity index (χ2n) is 4.37. The van der Waals surface area contributed by atoms with E-state index in [1.165, 1.54) is 5.56 Å². The van der Waals surface area contributed by atoms with Crippen molar-refractivity contribution in [2.24, 2.45) is 0 Å². The minimum atomic E-state index is 0.458. The second-order valence-corrected chi connectivity index (χ2v) is 5.57. The minimum Gasteiger partial charge on any atom is -0.493 e. The van der Waals surface area contributed by atoms with Crippen LogP contribution < -0.4 is 4.74 Å². The summed E-state index contributed by atoms with van der Waals surface area (Å²) in [4.78, 5) is 0. The summed E-state index contributed by atoms with van der Waals surface area (Å²) in [6, 6.07) is 4.10. The smallest absolute Gasteiger partial charge is 0.123 e. The van der Waals surface area contributed by atoms with Gasteiger partial charge in [0.2, 0.25) is 0 Å². The highest BCUT2D eigenvalue weighted by Gasteiger charge is 2.13. The van der Waals surface area contributed by atoms with Crippen LogP contribution in [0.15, 0.2) is 12.1 Å². The molecule has 0 saturated carbocycles. The summed E-state index contributed by atoms with van der Waals surface area (Å²) in [5, 5.41) is 1.82.